The van der Waals surface area contributed by atoms with Crippen LogP contribution in [0.15, 0.2) is 24.3 Å². The number of unbranched alkanes of at least 4 members (excludes halogenated alkanes) is 2. The van der Waals surface area contributed by atoms with Gasteiger partial charge in [-0.15, -0.1) is 0 Å². The Morgan fingerprint density at radius 3 is 2.73 bits per heavy atom. The minimum absolute atomic E-state index is 0. The van der Waals surface area contributed by atoms with Crippen molar-refractivity contribution in [2.24, 2.45) is 0 Å². The van der Waals surface area contributed by atoms with Crippen molar-refractivity contribution >= 4 is 11.0 Å². The van der Waals surface area contributed by atoms with Crippen molar-refractivity contribution < 1.29 is 0 Å². The highest BCUT2D eigenvalue weighted by molar-refractivity contribution is 5.74. The zero-order valence-electron chi connectivity index (χ0n) is 9.29. The van der Waals surface area contributed by atoms with Gasteiger partial charge in [0.15, 0.2) is 0 Å². The first-order valence-electron chi connectivity index (χ1n) is 5.34. The van der Waals surface area contributed by atoms with Gasteiger partial charge in [-0.3, -0.25) is 0 Å². The minimum atomic E-state index is 0. The summed E-state index contributed by atoms with van der Waals surface area (Å²) in [6.07, 6.45) is 4.86. The Morgan fingerprint density at radius 2 is 2.00 bits per heavy atom. The molecule has 3 heteroatoms. The SMILES string of the molecule is CCCCCc1nc2ccccc2[nH]1.N. The van der Waals surface area contributed by atoms with Crippen molar-refractivity contribution in [3.63, 3.8) is 0 Å². The Morgan fingerprint density at radius 1 is 1.20 bits per heavy atom. The Balaban J connectivity index is 0.00000112. The summed E-state index contributed by atoms with van der Waals surface area (Å²) in [5, 5.41) is 0. The molecule has 0 aliphatic heterocycles. The highest BCUT2D eigenvalue weighted by Crippen LogP contribution is 2.11. The second-order valence-electron chi connectivity index (χ2n) is 3.66. The third kappa shape index (κ3) is 2.80. The fraction of sp³-hybridized carbons (Fsp3) is 0.417. The summed E-state index contributed by atoms with van der Waals surface area (Å²) in [7, 11) is 0. The van der Waals surface area contributed by atoms with Gasteiger partial charge < -0.3 is 11.1 Å². The molecule has 2 rings (SSSR count). The Hall–Kier alpha value is -1.35. The number of aromatic amines is 1. The molecule has 0 saturated heterocycles. The van der Waals surface area contributed by atoms with Gasteiger partial charge in [0, 0.05) is 6.42 Å². The number of aromatic nitrogens is 2. The van der Waals surface area contributed by atoms with Crippen LogP contribution in [0, 0.1) is 0 Å². The summed E-state index contributed by atoms with van der Waals surface area (Å²) in [6.45, 7) is 2.22. The van der Waals surface area contributed by atoms with Gasteiger partial charge in [0.05, 0.1) is 11.0 Å². The molecule has 0 radical (unpaired) electrons. The van der Waals surface area contributed by atoms with E-state index in [1.807, 2.05) is 12.1 Å². The molecule has 4 N–H and O–H groups in total. The molecule has 3 nitrogen and oxygen atoms in total. The van der Waals surface area contributed by atoms with E-state index in [0.29, 0.717) is 0 Å². The van der Waals surface area contributed by atoms with Crippen molar-refractivity contribution in [1.82, 2.24) is 16.1 Å². The lowest BCUT2D eigenvalue weighted by atomic mass is 10.2. The molecule has 1 heterocycles. The normalized spacial score (nSPS) is 10.2. The van der Waals surface area contributed by atoms with E-state index in [1.165, 1.54) is 19.3 Å². The average molecular weight is 205 g/mol. The fourth-order valence-corrected chi connectivity index (χ4v) is 1.67. The van der Waals surface area contributed by atoms with Crippen LogP contribution in [-0.2, 0) is 6.42 Å². The molecule has 0 spiro atoms. The lowest BCUT2D eigenvalue weighted by Gasteiger charge is -1.93. The second-order valence-corrected chi connectivity index (χ2v) is 3.66. The van der Waals surface area contributed by atoms with Crippen molar-refractivity contribution in [1.29, 1.82) is 0 Å². The van der Waals surface area contributed by atoms with E-state index in [1.54, 1.807) is 0 Å². The molecular formula is C12H19N3. The Labute approximate surface area is 90.5 Å². The predicted octanol–water partition coefficient (Wildman–Crippen LogP) is 3.46. The smallest absolute Gasteiger partial charge is 0.107 e. The summed E-state index contributed by atoms with van der Waals surface area (Å²) in [4.78, 5) is 7.87. The number of nitrogens with zero attached hydrogens (tertiary/aromatic N) is 1. The summed E-state index contributed by atoms with van der Waals surface area (Å²) in [5.74, 6) is 1.12. The standard InChI is InChI=1S/C12H16N2.H3N/c1-2-3-4-9-12-13-10-7-5-6-8-11(10)14-12;/h5-8H,2-4,9H2,1H3,(H,13,14);1H3. The first-order chi connectivity index (χ1) is 6.90. The number of nitrogens with one attached hydrogen (secondary N) is 1. The summed E-state index contributed by atoms with van der Waals surface area (Å²) >= 11 is 0. The molecule has 0 fully saturated rings. The number of H-pyrrole nitrogens is 1. The topological polar surface area (TPSA) is 63.7 Å². The van der Waals surface area contributed by atoms with E-state index in [-0.39, 0.29) is 6.15 Å². The lowest BCUT2D eigenvalue weighted by molar-refractivity contribution is 0.700. The molecule has 0 unspecified atom stereocenters. The van der Waals surface area contributed by atoms with Crippen molar-refractivity contribution in [3.05, 3.63) is 30.1 Å². The summed E-state index contributed by atoms with van der Waals surface area (Å²) in [5.41, 5.74) is 2.23. The molecule has 2 aromatic rings. The van der Waals surface area contributed by atoms with E-state index in [9.17, 15) is 0 Å². The zero-order valence-corrected chi connectivity index (χ0v) is 9.29. The highest BCUT2D eigenvalue weighted by atomic mass is 14.9. The number of hydrogen-bond acceptors (Lipinski definition) is 2. The van der Waals surface area contributed by atoms with Gasteiger partial charge in [-0.2, -0.15) is 0 Å². The fourth-order valence-electron chi connectivity index (χ4n) is 1.67. The van der Waals surface area contributed by atoms with E-state index in [0.717, 1.165) is 23.3 Å². The minimum Gasteiger partial charge on any atom is -0.344 e. The van der Waals surface area contributed by atoms with Gasteiger partial charge in [0.2, 0.25) is 0 Å². The molecule has 1 aromatic heterocycles. The van der Waals surface area contributed by atoms with Crippen molar-refractivity contribution in [3.8, 4) is 0 Å². The largest absolute Gasteiger partial charge is 0.344 e. The number of para-hydroxylation sites is 2. The van der Waals surface area contributed by atoms with Gasteiger partial charge in [0.25, 0.3) is 0 Å². The van der Waals surface area contributed by atoms with E-state index in [4.69, 9.17) is 0 Å². The van der Waals surface area contributed by atoms with Crippen LogP contribution in [0.25, 0.3) is 11.0 Å². The third-order valence-electron chi connectivity index (χ3n) is 2.46. The molecule has 15 heavy (non-hydrogen) atoms. The van der Waals surface area contributed by atoms with E-state index < -0.39 is 0 Å². The molecule has 0 atom stereocenters. The summed E-state index contributed by atoms with van der Waals surface area (Å²) in [6, 6.07) is 8.19. The first-order valence-corrected chi connectivity index (χ1v) is 5.34. The lowest BCUT2D eigenvalue weighted by Crippen LogP contribution is -1.87. The number of hydrogen-bond donors (Lipinski definition) is 2. The average Bonchev–Trinajstić information content (AvgIpc) is 2.60. The van der Waals surface area contributed by atoms with Gasteiger partial charge >= 0.3 is 0 Å². The van der Waals surface area contributed by atoms with Crippen LogP contribution in [0.3, 0.4) is 0 Å². The molecule has 0 amide bonds. The Bertz CT molecular complexity index is 373. The number of imidazole rings is 1. The maximum absolute atomic E-state index is 4.53. The Kier molecular flexibility index (Phi) is 4.31. The molecule has 0 aliphatic rings. The number of fused-ring (bicyclic) bond motifs is 1. The van der Waals surface area contributed by atoms with Crippen molar-refractivity contribution in [2.75, 3.05) is 0 Å². The monoisotopic (exact) mass is 205 g/mol. The van der Waals surface area contributed by atoms with Crippen LogP contribution in [0.5, 0.6) is 0 Å². The van der Waals surface area contributed by atoms with Gasteiger partial charge in [0.1, 0.15) is 5.82 Å². The maximum Gasteiger partial charge on any atom is 0.107 e. The van der Waals surface area contributed by atoms with Crippen molar-refractivity contribution in [2.45, 2.75) is 32.6 Å². The number of benzene rings is 1. The second kappa shape index (κ2) is 5.51. The molecule has 82 valence electrons. The number of aryl methyl sites for hydroxylation is 1. The van der Waals surface area contributed by atoms with Crippen LogP contribution in [-0.4, -0.2) is 9.97 Å². The maximum atomic E-state index is 4.53. The van der Waals surface area contributed by atoms with Gasteiger partial charge in [-0.05, 0) is 18.6 Å². The van der Waals surface area contributed by atoms with Crippen LogP contribution < -0.4 is 6.15 Å². The van der Waals surface area contributed by atoms with E-state index in [2.05, 4.69) is 29.0 Å². The molecule has 0 aliphatic carbocycles. The van der Waals surface area contributed by atoms with Crippen LogP contribution >= 0.6 is 0 Å². The highest BCUT2D eigenvalue weighted by Gasteiger charge is 2.00. The zero-order chi connectivity index (χ0) is 9.80. The third-order valence-corrected chi connectivity index (χ3v) is 2.46. The molecule has 0 bridgehead atoms. The van der Waals surface area contributed by atoms with Gasteiger partial charge in [-0.25, -0.2) is 4.98 Å². The number of rotatable bonds is 4. The summed E-state index contributed by atoms with van der Waals surface area (Å²) < 4.78 is 0. The van der Waals surface area contributed by atoms with Crippen LogP contribution in [0.1, 0.15) is 32.0 Å². The molecular weight excluding hydrogens is 186 g/mol. The molecule has 0 saturated carbocycles. The predicted molar refractivity (Wildman–Crippen MR) is 64.3 cm³/mol. The van der Waals surface area contributed by atoms with Crippen LogP contribution in [0.2, 0.25) is 0 Å². The van der Waals surface area contributed by atoms with E-state index >= 15 is 0 Å². The van der Waals surface area contributed by atoms with Crippen LogP contribution in [0.4, 0.5) is 0 Å². The molecule has 1 aromatic carbocycles. The first kappa shape index (κ1) is 11.7. The quantitative estimate of drug-likeness (QED) is 0.751. The van der Waals surface area contributed by atoms with Gasteiger partial charge in [-0.1, -0.05) is 31.9 Å².